The number of methoxy groups -OCH3 is 2. The summed E-state index contributed by atoms with van der Waals surface area (Å²) in [6.45, 7) is 4.03. The van der Waals surface area contributed by atoms with Gasteiger partial charge in [0.2, 0.25) is 0 Å². The van der Waals surface area contributed by atoms with Gasteiger partial charge >= 0.3 is 0 Å². The van der Waals surface area contributed by atoms with Crippen LogP contribution in [0.1, 0.15) is 11.1 Å². The fourth-order valence-electron chi connectivity index (χ4n) is 6.83. The van der Waals surface area contributed by atoms with Crippen molar-refractivity contribution in [1.82, 2.24) is 0 Å². The van der Waals surface area contributed by atoms with Crippen molar-refractivity contribution < 1.29 is 35.4 Å². The van der Waals surface area contributed by atoms with Gasteiger partial charge in [-0.3, -0.25) is 9.11 Å². The third-order valence-electron chi connectivity index (χ3n) is 9.85. The molecule has 0 spiro atoms. The highest BCUT2D eigenvalue weighted by molar-refractivity contribution is 7.86. The average Bonchev–Trinajstić information content (AvgIpc) is 3.25. The highest BCUT2D eigenvalue weighted by atomic mass is 32.2. The van der Waals surface area contributed by atoms with E-state index in [2.05, 4.69) is 21.3 Å². The molecule has 0 amide bonds. The third kappa shape index (κ3) is 10.4. The van der Waals surface area contributed by atoms with Crippen molar-refractivity contribution in [1.29, 1.82) is 0 Å². The van der Waals surface area contributed by atoms with Crippen LogP contribution in [-0.2, 0) is 20.2 Å². The number of anilines is 8. The molecule has 62 heavy (non-hydrogen) atoms. The zero-order valence-electron chi connectivity index (χ0n) is 34.2. The first kappa shape index (κ1) is 43.0. The van der Waals surface area contributed by atoms with Crippen LogP contribution >= 0.6 is 0 Å². The molecule has 0 unspecified atom stereocenters. The fourth-order valence-corrected chi connectivity index (χ4v) is 8.30. The van der Waals surface area contributed by atoms with Crippen LogP contribution in [0.25, 0.3) is 21.5 Å². The number of nitrogens with one attached hydrogen (secondary N) is 4. The maximum absolute atomic E-state index is 12.1. The zero-order valence-corrected chi connectivity index (χ0v) is 35.8. The molecule has 0 heterocycles. The van der Waals surface area contributed by atoms with Gasteiger partial charge in [-0.1, -0.05) is 59.7 Å². The molecule has 0 aromatic heterocycles. The van der Waals surface area contributed by atoms with Crippen molar-refractivity contribution in [3.63, 3.8) is 0 Å². The molecule has 8 rings (SSSR count). The van der Waals surface area contributed by atoms with Crippen LogP contribution < -0.4 is 30.7 Å². The lowest BCUT2D eigenvalue weighted by Gasteiger charge is -2.16. The van der Waals surface area contributed by atoms with Gasteiger partial charge < -0.3 is 30.7 Å². The molecule has 316 valence electrons. The third-order valence-corrected chi connectivity index (χ3v) is 11.6. The Labute approximate surface area is 360 Å². The molecule has 8 aromatic carbocycles. The molecule has 0 radical (unpaired) electrons. The monoisotopic (exact) mass is 868 g/mol. The van der Waals surface area contributed by atoms with Crippen molar-refractivity contribution in [3.05, 3.63) is 169 Å². The van der Waals surface area contributed by atoms with Crippen LogP contribution in [0.4, 0.5) is 45.5 Å². The number of rotatable bonds is 12. The number of ether oxygens (including phenoxy) is 2. The summed E-state index contributed by atoms with van der Waals surface area (Å²) in [5.74, 6) is 1.45. The maximum atomic E-state index is 12.1. The van der Waals surface area contributed by atoms with E-state index in [0.717, 1.165) is 45.4 Å². The first-order chi connectivity index (χ1) is 29.7. The second-order valence-electron chi connectivity index (χ2n) is 14.4. The van der Waals surface area contributed by atoms with Gasteiger partial charge in [0, 0.05) is 56.3 Å². The second-order valence-corrected chi connectivity index (χ2v) is 17.2. The summed E-state index contributed by atoms with van der Waals surface area (Å²) in [5, 5.41) is 15.4. The van der Waals surface area contributed by atoms with Crippen LogP contribution in [0.5, 0.6) is 11.5 Å². The zero-order chi connectivity index (χ0) is 44.0. The molecule has 0 saturated heterocycles. The van der Waals surface area contributed by atoms with Gasteiger partial charge in [-0.15, -0.1) is 0 Å². The summed E-state index contributed by atoms with van der Waals surface area (Å²) in [5.41, 5.74) is 8.25. The summed E-state index contributed by atoms with van der Waals surface area (Å²) in [7, 11) is -5.62. The Morgan fingerprint density at radius 3 is 1.05 bits per heavy atom. The molecule has 12 nitrogen and oxygen atoms in total. The summed E-state index contributed by atoms with van der Waals surface area (Å²) >= 11 is 0. The van der Waals surface area contributed by atoms with Crippen LogP contribution in [0, 0.1) is 13.8 Å². The van der Waals surface area contributed by atoms with Crippen LogP contribution in [0.2, 0.25) is 0 Å². The first-order valence-electron chi connectivity index (χ1n) is 19.2. The van der Waals surface area contributed by atoms with E-state index < -0.39 is 20.2 Å². The van der Waals surface area contributed by atoms with E-state index in [9.17, 15) is 25.9 Å². The summed E-state index contributed by atoms with van der Waals surface area (Å²) in [6.07, 6.45) is 0. The molecule has 0 bridgehead atoms. The smallest absolute Gasteiger partial charge is 0.295 e. The number of fused-ring (bicyclic) bond motifs is 2. The van der Waals surface area contributed by atoms with Crippen LogP contribution in [0.3, 0.4) is 0 Å². The van der Waals surface area contributed by atoms with E-state index >= 15 is 0 Å². The van der Waals surface area contributed by atoms with Crippen LogP contribution in [-0.4, -0.2) is 40.2 Å². The molecule has 0 fully saturated rings. The quantitative estimate of drug-likeness (QED) is 0.0642. The normalized spacial score (nSPS) is 11.3. The van der Waals surface area contributed by atoms with Gasteiger partial charge in [0.15, 0.2) is 0 Å². The minimum Gasteiger partial charge on any atom is -0.497 e. The van der Waals surface area contributed by atoms with Gasteiger partial charge in [0.25, 0.3) is 20.2 Å². The molecule has 0 aliphatic rings. The van der Waals surface area contributed by atoms with Crippen molar-refractivity contribution in [2.24, 2.45) is 0 Å². The Bertz CT molecular complexity index is 3090. The van der Waals surface area contributed by atoms with E-state index in [1.165, 1.54) is 17.7 Å². The van der Waals surface area contributed by atoms with Crippen LogP contribution in [0.15, 0.2) is 168 Å². The van der Waals surface area contributed by atoms with E-state index in [1.807, 2.05) is 123 Å². The van der Waals surface area contributed by atoms with E-state index in [1.54, 1.807) is 50.6 Å². The molecule has 0 aliphatic carbocycles. The van der Waals surface area contributed by atoms with Gasteiger partial charge in [0.1, 0.15) is 21.3 Å². The summed E-state index contributed by atoms with van der Waals surface area (Å²) < 4.78 is 78.1. The minimum absolute atomic E-state index is 0.128. The lowest BCUT2D eigenvalue weighted by atomic mass is 10.1. The predicted molar refractivity (Wildman–Crippen MR) is 249 cm³/mol. The predicted octanol–water partition coefficient (Wildman–Crippen LogP) is 11.8. The Balaban J connectivity index is 0.000000187. The molecule has 8 aromatic rings. The maximum Gasteiger partial charge on any atom is 0.295 e. The SMILES string of the molecule is COc1ccc(Nc2cc(Nc3ccc(OC)cc3)c3c(S(=O)(=O)O)cccc3c2)cc1.Cc1ccc(Nc2cc(Nc3ccc(C)cc3)c3c(S(=O)(=O)O)cccc3c2)cc1. The lowest BCUT2D eigenvalue weighted by Crippen LogP contribution is -2.02. The highest BCUT2D eigenvalue weighted by Gasteiger charge is 2.20. The van der Waals surface area contributed by atoms with Gasteiger partial charge in [-0.05, 0) is 134 Å². The molecule has 0 saturated carbocycles. The molecule has 6 N–H and O–H groups in total. The largest absolute Gasteiger partial charge is 0.497 e. The Morgan fingerprint density at radius 2 is 0.726 bits per heavy atom. The van der Waals surface area contributed by atoms with Gasteiger partial charge in [-0.25, -0.2) is 0 Å². The molecule has 14 heteroatoms. The summed E-state index contributed by atoms with van der Waals surface area (Å²) in [6, 6.07) is 47.5. The lowest BCUT2D eigenvalue weighted by molar-refractivity contribution is 0.415. The van der Waals surface area contributed by atoms with E-state index in [0.29, 0.717) is 38.7 Å². The molecular formula is C48H44N4O8S2. The Hall–Kier alpha value is -7.10. The number of benzene rings is 8. The number of hydrogen-bond acceptors (Lipinski definition) is 10. The van der Waals surface area contributed by atoms with Crippen molar-refractivity contribution in [2.45, 2.75) is 23.6 Å². The van der Waals surface area contributed by atoms with E-state index in [4.69, 9.17) is 9.47 Å². The van der Waals surface area contributed by atoms with E-state index in [-0.39, 0.29) is 9.79 Å². The van der Waals surface area contributed by atoms with Crippen molar-refractivity contribution in [3.8, 4) is 11.5 Å². The second kappa shape index (κ2) is 18.3. The fraction of sp³-hybridized carbons (Fsp3) is 0.0833. The topological polar surface area (TPSA) is 175 Å². The number of hydrogen-bond donors (Lipinski definition) is 6. The Kier molecular flexibility index (Phi) is 12.7. The van der Waals surface area contributed by atoms with Crippen molar-refractivity contribution in [2.75, 3.05) is 35.5 Å². The standard InChI is InChI=1S/C24H22N2O5S.C24H22N2O3S/c1-30-20-10-6-17(7-11-20)25-19-14-16-4-3-5-23(32(27,28)29)24(16)22(15-19)26-18-8-12-21(31-2)13-9-18;1-16-6-10-19(11-7-16)25-21-14-18-4-3-5-23(30(27,28)29)24(18)22(15-21)26-20-12-8-17(2)9-13-20/h3-15,25-26H,1-2H3,(H,27,28,29);3-15,25-26H,1-2H3,(H,27,28,29). The molecular weight excluding hydrogens is 825 g/mol. The molecule has 0 atom stereocenters. The average molecular weight is 869 g/mol. The van der Waals surface area contributed by atoms with Gasteiger partial charge in [0.05, 0.1) is 14.2 Å². The Morgan fingerprint density at radius 1 is 0.403 bits per heavy atom. The van der Waals surface area contributed by atoms with Gasteiger partial charge in [-0.2, -0.15) is 16.8 Å². The minimum atomic E-state index is -4.43. The highest BCUT2D eigenvalue weighted by Crippen LogP contribution is 2.38. The summed E-state index contributed by atoms with van der Waals surface area (Å²) in [4.78, 5) is -0.293. The first-order valence-corrected chi connectivity index (χ1v) is 22.1. The van der Waals surface area contributed by atoms with Crippen molar-refractivity contribution >= 4 is 87.3 Å². The molecule has 0 aliphatic heterocycles. The number of aryl methyl sites for hydroxylation is 2.